The zero-order valence-corrected chi connectivity index (χ0v) is 14.1. The Kier molecular flexibility index (Phi) is 4.51. The van der Waals surface area contributed by atoms with Crippen molar-refractivity contribution < 1.29 is 9.53 Å². The molecule has 1 fully saturated rings. The molecule has 3 rings (SSSR count). The molecule has 2 aromatic heterocycles. The first-order valence-electron chi connectivity index (χ1n) is 7.01. The van der Waals surface area contributed by atoms with Crippen LogP contribution in [0.5, 0.6) is 0 Å². The summed E-state index contributed by atoms with van der Waals surface area (Å²) in [5.74, 6) is -0.234. The minimum atomic E-state index is -0.288. The number of likely N-dealkylation sites (tertiary alicyclic amines) is 1. The number of carbonyl (C=O) groups is 1. The van der Waals surface area contributed by atoms with E-state index < -0.39 is 0 Å². The van der Waals surface area contributed by atoms with E-state index in [1.165, 1.54) is 27.5 Å². The topological polar surface area (TPSA) is 63.9 Å². The molecule has 1 saturated heterocycles. The maximum absolute atomic E-state index is 12.9. The highest BCUT2D eigenvalue weighted by Gasteiger charge is 2.33. The van der Waals surface area contributed by atoms with Gasteiger partial charge in [-0.15, -0.1) is 23.1 Å². The Morgan fingerprint density at radius 3 is 3.14 bits per heavy atom. The van der Waals surface area contributed by atoms with Crippen LogP contribution in [0.3, 0.4) is 0 Å². The molecule has 0 aliphatic carbocycles. The van der Waals surface area contributed by atoms with E-state index in [2.05, 4.69) is 4.98 Å². The third-order valence-corrected chi connectivity index (χ3v) is 5.28. The highest BCUT2D eigenvalue weighted by Crippen LogP contribution is 2.24. The van der Waals surface area contributed by atoms with E-state index in [0.29, 0.717) is 23.1 Å². The van der Waals surface area contributed by atoms with Crippen LogP contribution in [-0.2, 0) is 4.74 Å². The number of carbonyl (C=O) groups excluding carboxylic acids is 1. The number of nitrogens with zero attached hydrogens (tertiary/aromatic N) is 3. The van der Waals surface area contributed by atoms with Gasteiger partial charge in [0, 0.05) is 25.2 Å². The van der Waals surface area contributed by atoms with Gasteiger partial charge < -0.3 is 9.64 Å². The predicted molar refractivity (Wildman–Crippen MR) is 87.1 cm³/mol. The zero-order chi connectivity index (χ0) is 15.7. The molecule has 0 N–H and O–H groups in total. The number of amides is 1. The lowest BCUT2D eigenvalue weighted by molar-refractivity contribution is 0.0624. The van der Waals surface area contributed by atoms with Crippen LogP contribution in [0, 0.1) is 0 Å². The SMILES string of the molecule is COCC1CCCN1C(=O)c1c(SC)nc2sccn2c1=O. The van der Waals surface area contributed by atoms with Crippen molar-refractivity contribution in [2.75, 3.05) is 26.5 Å². The molecule has 8 heteroatoms. The van der Waals surface area contributed by atoms with Crippen molar-refractivity contribution in [3.63, 3.8) is 0 Å². The van der Waals surface area contributed by atoms with Crippen LogP contribution >= 0.6 is 23.1 Å². The molecule has 3 heterocycles. The van der Waals surface area contributed by atoms with E-state index in [1.807, 2.05) is 6.26 Å². The van der Waals surface area contributed by atoms with Crippen LogP contribution in [-0.4, -0.2) is 52.8 Å². The fourth-order valence-electron chi connectivity index (χ4n) is 2.81. The first-order chi connectivity index (χ1) is 10.7. The van der Waals surface area contributed by atoms with Gasteiger partial charge in [-0.2, -0.15) is 0 Å². The molecule has 0 aromatic carbocycles. The Morgan fingerprint density at radius 2 is 2.41 bits per heavy atom. The minimum absolute atomic E-state index is 0.0368. The van der Waals surface area contributed by atoms with Crippen LogP contribution in [0.2, 0.25) is 0 Å². The summed E-state index contributed by atoms with van der Waals surface area (Å²) in [4.78, 5) is 32.4. The lowest BCUT2D eigenvalue weighted by atomic mass is 10.2. The molecule has 1 atom stereocenters. The number of hydrogen-bond donors (Lipinski definition) is 0. The Balaban J connectivity index is 2.06. The summed E-state index contributed by atoms with van der Waals surface area (Å²) in [6.07, 6.45) is 5.33. The summed E-state index contributed by atoms with van der Waals surface area (Å²) in [5, 5.41) is 2.30. The highest BCUT2D eigenvalue weighted by molar-refractivity contribution is 7.98. The van der Waals surface area contributed by atoms with Gasteiger partial charge in [-0.25, -0.2) is 4.98 Å². The molecule has 1 amide bonds. The number of rotatable bonds is 4. The fraction of sp³-hybridized carbons (Fsp3) is 0.500. The Bertz CT molecular complexity index is 755. The van der Waals surface area contributed by atoms with Gasteiger partial charge in [0.05, 0.1) is 12.6 Å². The minimum Gasteiger partial charge on any atom is -0.383 e. The largest absolute Gasteiger partial charge is 0.383 e. The molecule has 0 saturated carbocycles. The summed E-state index contributed by atoms with van der Waals surface area (Å²) in [6, 6.07) is 0.0368. The average Bonchev–Trinajstić information content (AvgIpc) is 3.15. The van der Waals surface area contributed by atoms with E-state index in [9.17, 15) is 9.59 Å². The van der Waals surface area contributed by atoms with Gasteiger partial charge >= 0.3 is 0 Å². The second-order valence-corrected chi connectivity index (χ2v) is 6.77. The molecule has 22 heavy (non-hydrogen) atoms. The monoisotopic (exact) mass is 339 g/mol. The maximum Gasteiger partial charge on any atom is 0.272 e. The standard InChI is InChI=1S/C14H17N3O3S2/c1-20-8-9-4-3-5-16(9)12(18)10-11(21-2)15-14-17(13(10)19)6-7-22-14/h6-7,9H,3-5,8H2,1-2H3. The number of aromatic nitrogens is 2. The lowest BCUT2D eigenvalue weighted by Gasteiger charge is -2.24. The molecule has 1 aliphatic rings. The van der Waals surface area contributed by atoms with Crippen LogP contribution < -0.4 is 5.56 Å². The average molecular weight is 339 g/mol. The molecule has 1 aliphatic heterocycles. The van der Waals surface area contributed by atoms with E-state index >= 15 is 0 Å². The number of thiazole rings is 1. The first kappa shape index (κ1) is 15.5. The second-order valence-electron chi connectivity index (χ2n) is 5.11. The van der Waals surface area contributed by atoms with Crippen molar-refractivity contribution in [3.8, 4) is 0 Å². The van der Waals surface area contributed by atoms with Gasteiger partial charge in [-0.3, -0.25) is 14.0 Å². The van der Waals surface area contributed by atoms with E-state index in [4.69, 9.17) is 4.74 Å². The van der Waals surface area contributed by atoms with Crippen molar-refractivity contribution in [2.45, 2.75) is 23.9 Å². The van der Waals surface area contributed by atoms with Crippen LogP contribution in [0.4, 0.5) is 0 Å². The molecule has 6 nitrogen and oxygen atoms in total. The van der Waals surface area contributed by atoms with Crippen molar-refractivity contribution in [2.24, 2.45) is 0 Å². The molecule has 0 radical (unpaired) electrons. The van der Waals surface area contributed by atoms with Gasteiger partial charge in [0.25, 0.3) is 11.5 Å². The summed E-state index contributed by atoms with van der Waals surface area (Å²) in [7, 11) is 1.63. The number of ether oxygens (including phenoxy) is 1. The summed E-state index contributed by atoms with van der Waals surface area (Å²) in [5.41, 5.74) is -0.116. The Labute approximate surface area is 136 Å². The number of hydrogen-bond acceptors (Lipinski definition) is 6. The maximum atomic E-state index is 12.9. The van der Waals surface area contributed by atoms with Crippen LogP contribution in [0.25, 0.3) is 4.96 Å². The summed E-state index contributed by atoms with van der Waals surface area (Å²) in [6.45, 7) is 1.16. The lowest BCUT2D eigenvalue weighted by Crippen LogP contribution is -2.41. The van der Waals surface area contributed by atoms with Crippen molar-refractivity contribution in [1.29, 1.82) is 0 Å². The normalized spacial score (nSPS) is 18.3. The van der Waals surface area contributed by atoms with E-state index in [1.54, 1.807) is 23.6 Å². The van der Waals surface area contributed by atoms with E-state index in [-0.39, 0.29) is 23.1 Å². The predicted octanol–water partition coefficient (Wildman–Crippen LogP) is 1.73. The molecule has 1 unspecified atom stereocenters. The molecular formula is C14H17N3O3S2. The van der Waals surface area contributed by atoms with Gasteiger partial charge in [0.15, 0.2) is 4.96 Å². The van der Waals surface area contributed by atoms with E-state index in [0.717, 1.165) is 12.8 Å². The van der Waals surface area contributed by atoms with Gasteiger partial charge in [-0.05, 0) is 19.1 Å². The van der Waals surface area contributed by atoms with Crippen molar-refractivity contribution in [1.82, 2.24) is 14.3 Å². The number of methoxy groups -OCH3 is 1. The fourth-order valence-corrected chi connectivity index (χ4v) is 4.13. The summed E-state index contributed by atoms with van der Waals surface area (Å²) < 4.78 is 6.63. The third-order valence-electron chi connectivity index (χ3n) is 3.84. The highest BCUT2D eigenvalue weighted by atomic mass is 32.2. The Morgan fingerprint density at radius 1 is 1.59 bits per heavy atom. The van der Waals surface area contributed by atoms with Gasteiger partial charge in [-0.1, -0.05) is 0 Å². The van der Waals surface area contributed by atoms with Gasteiger partial charge in [0.2, 0.25) is 0 Å². The number of thioether (sulfide) groups is 1. The van der Waals surface area contributed by atoms with Crippen molar-refractivity contribution >= 4 is 34.0 Å². The second kappa shape index (κ2) is 6.39. The first-order valence-corrected chi connectivity index (χ1v) is 9.11. The molecule has 0 spiro atoms. The Hall–Kier alpha value is -1.38. The molecule has 2 aromatic rings. The molecule has 0 bridgehead atoms. The van der Waals surface area contributed by atoms with Crippen molar-refractivity contribution in [3.05, 3.63) is 27.5 Å². The van der Waals surface area contributed by atoms with Crippen LogP contribution in [0.1, 0.15) is 23.2 Å². The quantitative estimate of drug-likeness (QED) is 0.627. The zero-order valence-electron chi connectivity index (χ0n) is 12.4. The third kappa shape index (κ3) is 2.55. The summed E-state index contributed by atoms with van der Waals surface area (Å²) >= 11 is 2.72. The van der Waals surface area contributed by atoms with Gasteiger partial charge in [0.1, 0.15) is 10.6 Å². The molecular weight excluding hydrogens is 322 g/mol. The smallest absolute Gasteiger partial charge is 0.272 e. The number of fused-ring (bicyclic) bond motifs is 1. The molecule has 118 valence electrons. The van der Waals surface area contributed by atoms with Crippen LogP contribution in [0.15, 0.2) is 21.4 Å².